The molecule has 0 aliphatic carbocycles. The van der Waals surface area contributed by atoms with Crippen molar-refractivity contribution in [2.75, 3.05) is 6.61 Å². The van der Waals surface area contributed by atoms with Crippen molar-refractivity contribution in [2.45, 2.75) is 34.2 Å². The van der Waals surface area contributed by atoms with Gasteiger partial charge in [-0.25, -0.2) is 4.98 Å². The van der Waals surface area contributed by atoms with Crippen molar-refractivity contribution < 1.29 is 9.53 Å². The number of carbonyl (C=O) groups is 1. The summed E-state index contributed by atoms with van der Waals surface area (Å²) in [6.45, 7) is 8.12. The smallest absolute Gasteiger partial charge is 0.308 e. The lowest BCUT2D eigenvalue weighted by Crippen LogP contribution is -2.24. The highest BCUT2D eigenvalue weighted by Crippen LogP contribution is 2.32. The van der Waals surface area contributed by atoms with E-state index in [4.69, 9.17) is 4.74 Å². The fourth-order valence-electron chi connectivity index (χ4n) is 2.85. The molecule has 0 unspecified atom stereocenters. The molecule has 0 amide bonds. The number of aryl methyl sites for hydroxylation is 2. The van der Waals surface area contributed by atoms with Crippen LogP contribution in [0.1, 0.15) is 25.0 Å². The molecule has 3 rings (SSSR count). The second kappa shape index (κ2) is 7.41. The molecule has 0 fully saturated rings. The number of carbonyl (C=O) groups excluding carboxylic acids is 1. The monoisotopic (exact) mass is 370 g/mol. The minimum atomic E-state index is -0.265. The van der Waals surface area contributed by atoms with E-state index in [1.165, 1.54) is 27.8 Å². The summed E-state index contributed by atoms with van der Waals surface area (Å²) in [5, 5.41) is 2.61. The maximum absolute atomic E-state index is 13.0. The van der Waals surface area contributed by atoms with Crippen LogP contribution in [0.5, 0.6) is 0 Å². The van der Waals surface area contributed by atoms with E-state index in [0.29, 0.717) is 11.9 Å². The topological polar surface area (TPSA) is 61.2 Å². The summed E-state index contributed by atoms with van der Waals surface area (Å²) >= 11 is 1.47. The Hall–Kier alpha value is -2.47. The van der Waals surface area contributed by atoms with Crippen molar-refractivity contribution in [3.05, 3.63) is 51.4 Å². The zero-order valence-corrected chi connectivity index (χ0v) is 16.2. The van der Waals surface area contributed by atoms with Gasteiger partial charge in [0.25, 0.3) is 5.56 Å². The Labute approximate surface area is 156 Å². The van der Waals surface area contributed by atoms with Gasteiger partial charge in [-0.3, -0.25) is 14.2 Å². The van der Waals surface area contributed by atoms with E-state index in [-0.39, 0.29) is 24.1 Å². The number of hydrogen-bond donors (Lipinski definition) is 0. The van der Waals surface area contributed by atoms with E-state index in [1.807, 2.05) is 24.4 Å². The summed E-state index contributed by atoms with van der Waals surface area (Å²) in [4.78, 5) is 29.7. The number of rotatable bonds is 5. The Bertz CT molecular complexity index is 1020. The number of benzene rings is 1. The van der Waals surface area contributed by atoms with Crippen molar-refractivity contribution in [3.63, 3.8) is 0 Å². The number of nitrogens with zero attached hydrogens (tertiary/aromatic N) is 2. The van der Waals surface area contributed by atoms with Gasteiger partial charge >= 0.3 is 5.97 Å². The van der Waals surface area contributed by atoms with Crippen molar-refractivity contribution in [2.24, 2.45) is 5.92 Å². The molecule has 1 aromatic carbocycles. The highest BCUT2D eigenvalue weighted by atomic mass is 32.1. The molecule has 26 heavy (non-hydrogen) atoms. The van der Waals surface area contributed by atoms with Gasteiger partial charge in [0, 0.05) is 10.9 Å². The van der Waals surface area contributed by atoms with Crippen LogP contribution in [0.15, 0.2) is 34.7 Å². The molecule has 0 N–H and O–H groups in total. The van der Waals surface area contributed by atoms with E-state index in [2.05, 4.69) is 18.0 Å². The molecule has 3 aromatic rings. The first-order valence-corrected chi connectivity index (χ1v) is 9.47. The van der Waals surface area contributed by atoms with E-state index >= 15 is 0 Å². The van der Waals surface area contributed by atoms with Crippen LogP contribution in [0.25, 0.3) is 21.3 Å². The molecule has 0 saturated heterocycles. The molecule has 0 radical (unpaired) electrons. The van der Waals surface area contributed by atoms with Crippen molar-refractivity contribution in [1.29, 1.82) is 0 Å². The van der Waals surface area contributed by atoms with Crippen LogP contribution in [0.2, 0.25) is 0 Å². The molecule has 6 heteroatoms. The zero-order valence-electron chi connectivity index (χ0n) is 15.4. The molecule has 2 aromatic heterocycles. The SMILES string of the molecule is Cc1ccc(-c2csc3ncn(CCOC(=O)C(C)C)c(=O)c23)c(C)c1. The molecule has 0 bridgehead atoms. The number of ether oxygens (including phenoxy) is 1. The number of esters is 1. The van der Waals surface area contributed by atoms with Gasteiger partial charge in [-0.1, -0.05) is 37.6 Å². The van der Waals surface area contributed by atoms with Gasteiger partial charge in [0.05, 0.1) is 24.2 Å². The predicted molar refractivity (Wildman–Crippen MR) is 105 cm³/mol. The van der Waals surface area contributed by atoms with Crippen LogP contribution in [0.4, 0.5) is 0 Å². The molecular formula is C20H22N2O3S. The second-order valence-corrected chi connectivity index (χ2v) is 7.57. The lowest BCUT2D eigenvalue weighted by Gasteiger charge is -2.09. The van der Waals surface area contributed by atoms with Crippen molar-refractivity contribution >= 4 is 27.5 Å². The first kappa shape index (κ1) is 18.3. The van der Waals surface area contributed by atoms with Crippen LogP contribution in [-0.4, -0.2) is 22.1 Å². The van der Waals surface area contributed by atoms with E-state index in [0.717, 1.165) is 21.5 Å². The first-order valence-electron chi connectivity index (χ1n) is 8.59. The molecule has 0 atom stereocenters. The quantitative estimate of drug-likeness (QED) is 0.638. The highest BCUT2D eigenvalue weighted by Gasteiger charge is 2.15. The highest BCUT2D eigenvalue weighted by molar-refractivity contribution is 7.17. The fourth-order valence-corrected chi connectivity index (χ4v) is 3.75. The van der Waals surface area contributed by atoms with Crippen LogP contribution >= 0.6 is 11.3 Å². The van der Waals surface area contributed by atoms with Crippen molar-refractivity contribution in [1.82, 2.24) is 9.55 Å². The normalized spacial score (nSPS) is 11.3. The van der Waals surface area contributed by atoms with Crippen LogP contribution in [-0.2, 0) is 16.1 Å². The van der Waals surface area contributed by atoms with E-state index < -0.39 is 0 Å². The van der Waals surface area contributed by atoms with Gasteiger partial charge in [-0.05, 0) is 25.0 Å². The van der Waals surface area contributed by atoms with Gasteiger partial charge in [-0.2, -0.15) is 0 Å². The lowest BCUT2D eigenvalue weighted by atomic mass is 9.99. The van der Waals surface area contributed by atoms with Crippen LogP contribution < -0.4 is 5.56 Å². The average molecular weight is 370 g/mol. The van der Waals surface area contributed by atoms with Gasteiger partial charge in [0.2, 0.25) is 0 Å². The van der Waals surface area contributed by atoms with Gasteiger partial charge in [0.15, 0.2) is 0 Å². The van der Waals surface area contributed by atoms with Crippen LogP contribution in [0.3, 0.4) is 0 Å². The first-order chi connectivity index (χ1) is 12.4. The summed E-state index contributed by atoms with van der Waals surface area (Å²) < 4.78 is 6.69. The Morgan fingerprint density at radius 2 is 2.04 bits per heavy atom. The van der Waals surface area contributed by atoms with Crippen molar-refractivity contribution in [3.8, 4) is 11.1 Å². The molecule has 136 valence electrons. The van der Waals surface area contributed by atoms with Gasteiger partial charge in [-0.15, -0.1) is 11.3 Å². The zero-order chi connectivity index (χ0) is 18.8. The third kappa shape index (κ3) is 3.55. The third-order valence-electron chi connectivity index (χ3n) is 4.28. The molecule has 2 heterocycles. The Morgan fingerprint density at radius 1 is 1.27 bits per heavy atom. The molecule has 0 saturated carbocycles. The number of thiophene rings is 1. The summed E-state index contributed by atoms with van der Waals surface area (Å²) in [5.41, 5.74) is 4.17. The minimum absolute atomic E-state index is 0.105. The molecule has 0 aliphatic heterocycles. The predicted octanol–water partition coefficient (Wildman–Crippen LogP) is 3.94. The average Bonchev–Trinajstić information content (AvgIpc) is 3.01. The molecular weight excluding hydrogens is 348 g/mol. The van der Waals surface area contributed by atoms with Gasteiger partial charge in [0.1, 0.15) is 11.4 Å². The standard InChI is InChI=1S/C20H22N2O3S/c1-12(2)20(24)25-8-7-22-11-21-18-17(19(22)23)16(10-26-18)15-6-5-13(3)9-14(15)4/h5-6,9-12H,7-8H2,1-4H3. The summed E-state index contributed by atoms with van der Waals surface area (Å²) in [6.07, 6.45) is 1.52. The summed E-state index contributed by atoms with van der Waals surface area (Å²) in [6, 6.07) is 6.21. The molecule has 0 aliphatic rings. The largest absolute Gasteiger partial charge is 0.464 e. The Morgan fingerprint density at radius 3 is 2.73 bits per heavy atom. The maximum atomic E-state index is 13.0. The summed E-state index contributed by atoms with van der Waals surface area (Å²) in [7, 11) is 0. The minimum Gasteiger partial charge on any atom is -0.464 e. The Kier molecular flexibility index (Phi) is 5.23. The summed E-state index contributed by atoms with van der Waals surface area (Å²) in [5.74, 6) is -0.445. The number of hydrogen-bond acceptors (Lipinski definition) is 5. The number of aromatic nitrogens is 2. The van der Waals surface area contributed by atoms with Gasteiger partial charge < -0.3 is 4.74 Å². The third-order valence-corrected chi connectivity index (χ3v) is 5.17. The van der Waals surface area contributed by atoms with E-state index in [1.54, 1.807) is 13.8 Å². The lowest BCUT2D eigenvalue weighted by molar-refractivity contribution is -0.147. The maximum Gasteiger partial charge on any atom is 0.308 e. The Balaban J connectivity index is 1.96. The molecule has 0 spiro atoms. The second-order valence-electron chi connectivity index (χ2n) is 6.71. The number of fused-ring (bicyclic) bond motifs is 1. The van der Waals surface area contributed by atoms with Crippen LogP contribution in [0, 0.1) is 19.8 Å². The molecule has 5 nitrogen and oxygen atoms in total. The fraction of sp³-hybridized carbons (Fsp3) is 0.350. The van der Waals surface area contributed by atoms with E-state index in [9.17, 15) is 9.59 Å².